The van der Waals surface area contributed by atoms with Crippen LogP contribution in [-0.4, -0.2) is 79.1 Å². The van der Waals surface area contributed by atoms with Crippen molar-refractivity contribution in [1.82, 2.24) is 5.32 Å². The molecule has 8 nitrogen and oxygen atoms in total. The van der Waals surface area contributed by atoms with Gasteiger partial charge < -0.3 is 34.5 Å². The molecule has 0 spiro atoms. The van der Waals surface area contributed by atoms with Gasteiger partial charge >= 0.3 is 0 Å². The average Bonchev–Trinajstić information content (AvgIpc) is 3.51. The highest BCUT2D eigenvalue weighted by molar-refractivity contribution is 5.87. The van der Waals surface area contributed by atoms with E-state index in [0.29, 0.717) is 18.4 Å². The fraction of sp³-hybridized carbons (Fsp3) is 0.759. The van der Waals surface area contributed by atoms with Crippen molar-refractivity contribution in [2.45, 2.75) is 96.9 Å². The molecule has 8 heteroatoms. The predicted octanol–water partition coefficient (Wildman–Crippen LogP) is 3.53. The summed E-state index contributed by atoms with van der Waals surface area (Å²) >= 11 is 0. The van der Waals surface area contributed by atoms with Gasteiger partial charge in [0.05, 0.1) is 49.0 Å². The number of aliphatic hydroxyl groups is 2. The molecule has 0 aliphatic carbocycles. The molecule has 0 bridgehead atoms. The van der Waals surface area contributed by atoms with Crippen LogP contribution in [0.2, 0.25) is 0 Å². The van der Waals surface area contributed by atoms with Gasteiger partial charge in [0.25, 0.3) is 0 Å². The summed E-state index contributed by atoms with van der Waals surface area (Å²) in [4.78, 5) is 11.9. The van der Waals surface area contributed by atoms with Crippen LogP contribution >= 0.6 is 0 Å². The van der Waals surface area contributed by atoms with E-state index in [1.165, 1.54) is 17.9 Å². The number of methoxy groups -OCH3 is 1. The maximum absolute atomic E-state index is 11.9. The summed E-state index contributed by atoms with van der Waals surface area (Å²) in [5, 5.41) is 21.5. The molecule has 2 fully saturated rings. The van der Waals surface area contributed by atoms with E-state index in [2.05, 4.69) is 58.2 Å². The highest BCUT2D eigenvalue weighted by atomic mass is 16.6. The zero-order valence-electron chi connectivity index (χ0n) is 23.7. The normalized spacial score (nSPS) is 31.8. The van der Waals surface area contributed by atoms with Gasteiger partial charge in [-0.25, -0.2) is 0 Å². The van der Waals surface area contributed by atoms with E-state index in [4.69, 9.17) is 24.1 Å². The van der Waals surface area contributed by atoms with Crippen LogP contribution < -0.4 is 5.32 Å². The van der Waals surface area contributed by atoms with E-state index in [0.717, 1.165) is 19.3 Å². The Hall–Kier alpha value is -1.71. The van der Waals surface area contributed by atoms with Crippen molar-refractivity contribution < 1.29 is 34.0 Å². The lowest BCUT2D eigenvalue weighted by Crippen LogP contribution is -2.41. The monoisotopic (exact) mass is 523 g/mol. The predicted molar refractivity (Wildman–Crippen MR) is 144 cm³/mol. The first-order chi connectivity index (χ1) is 17.5. The Morgan fingerprint density at radius 3 is 2.65 bits per heavy atom. The van der Waals surface area contributed by atoms with Crippen LogP contribution in [-0.2, 0) is 23.7 Å². The summed E-state index contributed by atoms with van der Waals surface area (Å²) in [6.45, 7) is 13.0. The highest BCUT2D eigenvalue weighted by Gasteiger charge is 2.56. The number of epoxide rings is 1. The van der Waals surface area contributed by atoms with Crippen LogP contribution in [0.1, 0.15) is 60.8 Å². The van der Waals surface area contributed by atoms with Crippen LogP contribution in [0.15, 0.2) is 36.1 Å². The van der Waals surface area contributed by atoms with Gasteiger partial charge in [0.1, 0.15) is 6.61 Å². The molecule has 2 rings (SSSR count). The first-order valence-electron chi connectivity index (χ1n) is 13.6. The summed E-state index contributed by atoms with van der Waals surface area (Å²) in [6.07, 6.45) is 11.2. The number of hydrogen-bond donors (Lipinski definition) is 3. The minimum Gasteiger partial charge on any atom is -0.499 e. The Bertz CT molecular complexity index is 795. The lowest BCUT2D eigenvalue weighted by molar-refractivity contribution is -0.118. The third-order valence-electron chi connectivity index (χ3n) is 7.49. The van der Waals surface area contributed by atoms with Crippen molar-refractivity contribution in [1.29, 1.82) is 0 Å². The maximum atomic E-state index is 11.9. The van der Waals surface area contributed by atoms with Gasteiger partial charge in [-0.15, -0.1) is 0 Å². The Kier molecular flexibility index (Phi) is 12.8. The Morgan fingerprint density at radius 2 is 2.00 bits per heavy atom. The second-order valence-corrected chi connectivity index (χ2v) is 11.0. The van der Waals surface area contributed by atoms with Gasteiger partial charge in [0.15, 0.2) is 0 Å². The van der Waals surface area contributed by atoms with E-state index < -0.39 is 6.10 Å². The average molecular weight is 524 g/mol. The van der Waals surface area contributed by atoms with E-state index in [1.54, 1.807) is 14.0 Å². The molecule has 0 aromatic rings. The van der Waals surface area contributed by atoms with Crippen LogP contribution in [0.25, 0.3) is 0 Å². The number of amides is 1. The molecule has 212 valence electrons. The summed E-state index contributed by atoms with van der Waals surface area (Å²) in [7, 11) is 1.64. The molecule has 9 atom stereocenters. The van der Waals surface area contributed by atoms with Crippen molar-refractivity contribution in [2.75, 3.05) is 26.9 Å². The van der Waals surface area contributed by atoms with E-state index in [9.17, 15) is 9.90 Å². The molecule has 37 heavy (non-hydrogen) atoms. The van der Waals surface area contributed by atoms with Crippen molar-refractivity contribution in [2.24, 2.45) is 17.8 Å². The molecule has 0 saturated carbocycles. The second-order valence-electron chi connectivity index (χ2n) is 11.0. The highest BCUT2D eigenvalue weighted by Crippen LogP contribution is 2.47. The minimum atomic E-state index is -0.534. The molecule has 3 N–H and O–H groups in total. The number of carbonyl (C=O) groups is 1. The smallest absolute Gasteiger partial charge is 0.247 e. The molecule has 0 radical (unpaired) electrons. The number of hydrogen-bond acceptors (Lipinski definition) is 7. The van der Waals surface area contributed by atoms with Crippen molar-refractivity contribution >= 4 is 5.91 Å². The Balaban J connectivity index is 1.83. The quantitative estimate of drug-likeness (QED) is 0.0990. The number of ether oxygens (including phenoxy) is 4. The van der Waals surface area contributed by atoms with E-state index >= 15 is 0 Å². The van der Waals surface area contributed by atoms with E-state index in [1.807, 2.05) is 0 Å². The summed E-state index contributed by atoms with van der Waals surface area (Å²) in [5.74, 6) is 0.617. The fourth-order valence-electron chi connectivity index (χ4n) is 5.53. The fourth-order valence-corrected chi connectivity index (χ4v) is 5.53. The molecule has 1 amide bonds. The third-order valence-corrected chi connectivity index (χ3v) is 7.49. The molecule has 2 aliphatic heterocycles. The van der Waals surface area contributed by atoms with Gasteiger partial charge in [-0.05, 0) is 57.4 Å². The van der Waals surface area contributed by atoms with Gasteiger partial charge in [0, 0.05) is 25.6 Å². The zero-order chi connectivity index (χ0) is 27.6. The second kappa shape index (κ2) is 15.0. The Morgan fingerprint density at radius 1 is 1.27 bits per heavy atom. The molecule has 2 saturated heterocycles. The molecule has 0 aromatic heterocycles. The lowest BCUT2D eigenvalue weighted by atomic mass is 9.85. The number of carbonyl (C=O) groups excluding carboxylic acids is 1. The number of allylic oxidation sites excluding steroid dienone is 3. The maximum Gasteiger partial charge on any atom is 0.247 e. The van der Waals surface area contributed by atoms with Gasteiger partial charge in [-0.3, -0.25) is 4.79 Å². The molecule has 2 heterocycles. The third kappa shape index (κ3) is 9.84. The molecular formula is C29H49NO7. The van der Waals surface area contributed by atoms with E-state index in [-0.39, 0.29) is 55.1 Å². The lowest BCUT2D eigenvalue weighted by Gasteiger charge is -2.35. The van der Waals surface area contributed by atoms with Gasteiger partial charge in [0.2, 0.25) is 5.91 Å². The minimum absolute atomic E-state index is 0.0139. The van der Waals surface area contributed by atoms with Gasteiger partial charge in [-0.2, -0.15) is 0 Å². The number of rotatable bonds is 15. The summed E-state index contributed by atoms with van der Waals surface area (Å²) < 4.78 is 22.9. The van der Waals surface area contributed by atoms with Crippen molar-refractivity contribution in [3.05, 3.63) is 36.1 Å². The zero-order valence-corrected chi connectivity index (χ0v) is 23.7. The number of nitrogens with one attached hydrogen (secondary N) is 1. The topological polar surface area (TPSA) is 110 Å². The summed E-state index contributed by atoms with van der Waals surface area (Å²) in [6, 6.07) is 0. The first-order valence-corrected chi connectivity index (χ1v) is 13.6. The largest absolute Gasteiger partial charge is 0.499 e. The van der Waals surface area contributed by atoms with Crippen LogP contribution in [0.5, 0.6) is 0 Å². The van der Waals surface area contributed by atoms with Crippen LogP contribution in [0.4, 0.5) is 0 Å². The molecule has 0 aromatic carbocycles. The standard InChI is InChI=1S/C29H49NO7/c1-19(17-29(6)28(37-29)22(4)27(34-7)23(5)32)9-8-10-20(2)26-21(3)11-12-24(36-26)18-30-25(33)13-15-35-16-14-31/h8-10,13,15,19,21-24,26-28,31-32H,11-12,14,16-18H2,1-7H3,(H,30,33)/b9-8+,15-13+,20-10+/t19-,21+,22-,23-,24-,26-,27-,28-,29-/m1/s1. The molecular weight excluding hydrogens is 474 g/mol. The molecule has 2 aliphatic rings. The SMILES string of the molecule is CO[C@H]([C@@H](C)[C@H]1O[C@]1(C)C[C@H](C)/C=C/C=C(\C)[C@H]1O[C@@H](CNC(=O)/C=C/OCCO)CC[C@@H]1C)[C@@H](C)O. The van der Waals surface area contributed by atoms with Gasteiger partial charge in [-0.1, -0.05) is 39.0 Å². The first kappa shape index (κ1) is 31.5. The van der Waals surface area contributed by atoms with Crippen LogP contribution in [0.3, 0.4) is 0 Å². The van der Waals surface area contributed by atoms with Crippen molar-refractivity contribution in [3.63, 3.8) is 0 Å². The molecule has 0 unspecified atom stereocenters. The van der Waals surface area contributed by atoms with Crippen LogP contribution in [0, 0.1) is 17.8 Å². The number of aliphatic hydroxyl groups excluding tert-OH is 2. The van der Waals surface area contributed by atoms with Crippen molar-refractivity contribution in [3.8, 4) is 0 Å². The summed E-state index contributed by atoms with van der Waals surface area (Å²) in [5.41, 5.74) is 0.969. The Labute approximate surface area is 223 Å².